The molecule has 0 bridgehead atoms. The lowest BCUT2D eigenvalue weighted by atomic mass is 10.1. The standard InChI is InChI=1S/C12H8F2N2O4/c1-16-10(12(19)20)15-8(11(16)18)4-5-2-6(13)9(17)7(14)3-5/h2-4,17H,1H3,(H,19,20)/b8-4+. The van der Waals surface area contributed by atoms with Gasteiger partial charge in [0.05, 0.1) is 0 Å². The highest BCUT2D eigenvalue weighted by atomic mass is 19.1. The third-order valence-electron chi connectivity index (χ3n) is 2.60. The summed E-state index contributed by atoms with van der Waals surface area (Å²) < 4.78 is 26.3. The molecule has 1 aliphatic rings. The number of amides is 1. The van der Waals surface area contributed by atoms with Gasteiger partial charge in [0.1, 0.15) is 5.70 Å². The summed E-state index contributed by atoms with van der Waals surface area (Å²) in [6, 6.07) is 1.60. The Morgan fingerprint density at radius 3 is 2.35 bits per heavy atom. The lowest BCUT2D eigenvalue weighted by Crippen LogP contribution is -2.32. The molecule has 0 fully saturated rings. The average molecular weight is 282 g/mol. The second-order valence-corrected chi connectivity index (χ2v) is 3.97. The summed E-state index contributed by atoms with van der Waals surface area (Å²) in [7, 11) is 1.22. The number of carbonyl (C=O) groups is 2. The number of benzene rings is 1. The summed E-state index contributed by atoms with van der Waals surface area (Å²) in [6.45, 7) is 0. The van der Waals surface area contributed by atoms with E-state index in [1.54, 1.807) is 0 Å². The smallest absolute Gasteiger partial charge is 0.372 e. The van der Waals surface area contributed by atoms with Gasteiger partial charge in [-0.2, -0.15) is 0 Å². The van der Waals surface area contributed by atoms with Crippen LogP contribution in [-0.2, 0) is 9.59 Å². The van der Waals surface area contributed by atoms with Gasteiger partial charge >= 0.3 is 5.97 Å². The summed E-state index contributed by atoms with van der Waals surface area (Å²) >= 11 is 0. The molecule has 0 spiro atoms. The fourth-order valence-corrected chi connectivity index (χ4v) is 1.62. The molecular weight excluding hydrogens is 274 g/mol. The molecule has 0 aromatic heterocycles. The maximum atomic E-state index is 13.1. The van der Waals surface area contributed by atoms with Crippen LogP contribution in [0.25, 0.3) is 6.08 Å². The normalized spacial score (nSPS) is 16.8. The number of aliphatic carboxylic acids is 1. The van der Waals surface area contributed by atoms with Gasteiger partial charge < -0.3 is 10.2 Å². The van der Waals surface area contributed by atoms with E-state index in [1.165, 1.54) is 7.05 Å². The van der Waals surface area contributed by atoms with Crippen LogP contribution in [-0.4, -0.2) is 39.9 Å². The van der Waals surface area contributed by atoms with Gasteiger partial charge in [-0.15, -0.1) is 0 Å². The van der Waals surface area contributed by atoms with Crippen molar-refractivity contribution >= 4 is 23.8 Å². The fraction of sp³-hybridized carbons (Fsp3) is 0.0833. The topological polar surface area (TPSA) is 90.2 Å². The van der Waals surface area contributed by atoms with Crippen molar-refractivity contribution in [2.24, 2.45) is 4.99 Å². The number of carbonyl (C=O) groups excluding carboxylic acids is 1. The lowest BCUT2D eigenvalue weighted by molar-refractivity contribution is -0.131. The Hall–Kier alpha value is -2.77. The largest absolute Gasteiger partial charge is 0.503 e. The summed E-state index contributed by atoms with van der Waals surface area (Å²) in [5, 5.41) is 17.8. The number of rotatable bonds is 2. The summed E-state index contributed by atoms with van der Waals surface area (Å²) in [5.74, 6) is -6.11. The van der Waals surface area contributed by atoms with Crippen molar-refractivity contribution in [2.75, 3.05) is 7.05 Å². The first kappa shape index (κ1) is 13.7. The van der Waals surface area contributed by atoms with E-state index in [-0.39, 0.29) is 11.3 Å². The summed E-state index contributed by atoms with van der Waals surface area (Å²) in [5.41, 5.74) is -0.334. The van der Waals surface area contributed by atoms with Crippen molar-refractivity contribution in [3.63, 3.8) is 0 Å². The zero-order chi connectivity index (χ0) is 15.0. The summed E-state index contributed by atoms with van der Waals surface area (Å²) in [6.07, 6.45) is 1.03. The molecule has 1 aromatic rings. The molecule has 2 N–H and O–H groups in total. The molecule has 20 heavy (non-hydrogen) atoms. The van der Waals surface area contributed by atoms with Crippen molar-refractivity contribution in [3.05, 3.63) is 35.0 Å². The number of phenolic OH excluding ortho intramolecular Hbond substituents is 1. The van der Waals surface area contributed by atoms with E-state index >= 15 is 0 Å². The van der Waals surface area contributed by atoms with E-state index in [1.807, 2.05) is 0 Å². The zero-order valence-electron chi connectivity index (χ0n) is 10.1. The third kappa shape index (κ3) is 2.22. The minimum atomic E-state index is -1.40. The molecule has 0 saturated heterocycles. The highest BCUT2D eigenvalue weighted by molar-refractivity contribution is 6.41. The molecule has 1 aliphatic heterocycles. The molecule has 6 nitrogen and oxygen atoms in total. The van der Waals surface area contributed by atoms with Gasteiger partial charge in [0, 0.05) is 7.05 Å². The fourth-order valence-electron chi connectivity index (χ4n) is 1.62. The van der Waals surface area contributed by atoms with Gasteiger partial charge in [0.25, 0.3) is 5.91 Å². The Morgan fingerprint density at radius 2 is 1.90 bits per heavy atom. The van der Waals surface area contributed by atoms with Crippen LogP contribution in [0.3, 0.4) is 0 Å². The maximum absolute atomic E-state index is 13.1. The zero-order valence-corrected chi connectivity index (χ0v) is 10.1. The van der Waals surface area contributed by atoms with E-state index < -0.39 is 35.1 Å². The Kier molecular flexibility index (Phi) is 3.23. The second kappa shape index (κ2) is 4.72. The number of carboxylic acid groups (broad SMARTS) is 1. The number of aromatic hydroxyl groups is 1. The number of nitrogens with zero attached hydrogens (tertiary/aromatic N) is 2. The number of carboxylic acids is 1. The Balaban J connectivity index is 2.46. The number of hydrogen-bond donors (Lipinski definition) is 2. The quantitative estimate of drug-likeness (QED) is 0.791. The Morgan fingerprint density at radius 1 is 1.35 bits per heavy atom. The van der Waals surface area contributed by atoms with Gasteiger partial charge in [-0.25, -0.2) is 18.6 Å². The molecule has 0 unspecified atom stereocenters. The highest BCUT2D eigenvalue weighted by Crippen LogP contribution is 2.24. The van der Waals surface area contributed by atoms with Crippen LogP contribution < -0.4 is 0 Å². The minimum Gasteiger partial charge on any atom is -0.503 e. The molecule has 0 saturated carbocycles. The van der Waals surface area contributed by atoms with Crippen molar-refractivity contribution in [1.29, 1.82) is 0 Å². The number of aliphatic imine (C=N–C) groups is 1. The van der Waals surface area contributed by atoms with Crippen LogP contribution in [0.4, 0.5) is 8.78 Å². The van der Waals surface area contributed by atoms with Crippen LogP contribution >= 0.6 is 0 Å². The molecule has 1 aromatic carbocycles. The minimum absolute atomic E-state index is 0.0649. The monoisotopic (exact) mass is 282 g/mol. The predicted molar refractivity (Wildman–Crippen MR) is 63.8 cm³/mol. The van der Waals surface area contributed by atoms with Gasteiger partial charge in [0.15, 0.2) is 17.4 Å². The van der Waals surface area contributed by atoms with E-state index in [4.69, 9.17) is 10.2 Å². The van der Waals surface area contributed by atoms with Gasteiger partial charge in [-0.05, 0) is 23.8 Å². The Bertz CT molecular complexity index is 659. The molecule has 0 radical (unpaired) electrons. The number of halogens is 2. The van der Waals surface area contributed by atoms with Crippen molar-refractivity contribution < 1.29 is 28.6 Å². The van der Waals surface area contributed by atoms with Crippen molar-refractivity contribution in [1.82, 2.24) is 4.90 Å². The first-order chi connectivity index (χ1) is 9.31. The van der Waals surface area contributed by atoms with E-state index in [0.29, 0.717) is 0 Å². The number of hydrogen-bond acceptors (Lipinski definition) is 4. The molecule has 104 valence electrons. The van der Waals surface area contributed by atoms with Gasteiger partial charge in [-0.3, -0.25) is 9.69 Å². The van der Waals surface area contributed by atoms with Gasteiger partial charge in [0.2, 0.25) is 5.84 Å². The molecule has 1 heterocycles. The van der Waals surface area contributed by atoms with Crippen LogP contribution in [0, 0.1) is 11.6 Å². The lowest BCUT2D eigenvalue weighted by Gasteiger charge is -2.06. The molecule has 0 atom stereocenters. The molecule has 2 rings (SSSR count). The van der Waals surface area contributed by atoms with E-state index in [0.717, 1.165) is 23.1 Å². The van der Waals surface area contributed by atoms with Crippen molar-refractivity contribution in [2.45, 2.75) is 0 Å². The SMILES string of the molecule is CN1C(=O)/C(=C\c2cc(F)c(O)c(F)c2)N=C1C(=O)O. The van der Waals surface area contributed by atoms with Crippen LogP contribution in [0.1, 0.15) is 5.56 Å². The Labute approximate surface area is 111 Å². The average Bonchev–Trinajstić information content (AvgIpc) is 2.64. The first-order valence-corrected chi connectivity index (χ1v) is 5.31. The second-order valence-electron chi connectivity index (χ2n) is 3.97. The van der Waals surface area contributed by atoms with Crippen LogP contribution in [0.2, 0.25) is 0 Å². The van der Waals surface area contributed by atoms with Crippen LogP contribution in [0.5, 0.6) is 5.75 Å². The number of phenols is 1. The first-order valence-electron chi connectivity index (χ1n) is 5.31. The highest BCUT2D eigenvalue weighted by Gasteiger charge is 2.31. The number of amidine groups is 1. The third-order valence-corrected chi connectivity index (χ3v) is 2.60. The molecule has 0 aliphatic carbocycles. The molecular formula is C12H8F2N2O4. The van der Waals surface area contributed by atoms with Crippen molar-refractivity contribution in [3.8, 4) is 5.75 Å². The summed E-state index contributed by atoms with van der Waals surface area (Å²) in [4.78, 5) is 26.9. The van der Waals surface area contributed by atoms with Crippen LogP contribution in [0.15, 0.2) is 22.8 Å². The maximum Gasteiger partial charge on any atom is 0.372 e. The van der Waals surface area contributed by atoms with Gasteiger partial charge in [-0.1, -0.05) is 0 Å². The van der Waals surface area contributed by atoms with E-state index in [9.17, 15) is 18.4 Å². The van der Waals surface area contributed by atoms with E-state index in [2.05, 4.69) is 4.99 Å². The molecule has 1 amide bonds. The number of likely N-dealkylation sites (N-methyl/N-ethyl adjacent to an activating group) is 1. The predicted octanol–water partition coefficient (Wildman–Crippen LogP) is 0.966. The molecule has 8 heteroatoms.